The van der Waals surface area contributed by atoms with Gasteiger partial charge in [-0.15, -0.1) is 11.3 Å². The fourth-order valence-electron chi connectivity index (χ4n) is 1.33. The summed E-state index contributed by atoms with van der Waals surface area (Å²) in [4.78, 5) is 12.2. The average Bonchev–Trinajstić information content (AvgIpc) is 2.69. The Morgan fingerprint density at radius 3 is 2.65 bits per heavy atom. The topological polar surface area (TPSA) is 29.1 Å². The molecule has 0 bridgehead atoms. The van der Waals surface area contributed by atoms with Crippen LogP contribution in [0.5, 0.6) is 0 Å². The van der Waals surface area contributed by atoms with Crippen LogP contribution in [-0.4, -0.2) is 5.91 Å². The fourth-order valence-corrected chi connectivity index (χ4v) is 2.12. The molecule has 0 unspecified atom stereocenters. The quantitative estimate of drug-likeness (QED) is 0.870. The number of hydrogen-bond acceptors (Lipinski definition) is 2. The first kappa shape index (κ1) is 11.7. The molecule has 2 aromatic rings. The Morgan fingerprint density at radius 2 is 2.06 bits per heavy atom. The normalized spacial score (nSPS) is 10.3. The monoisotopic (exact) mass is 253 g/mol. The minimum atomic E-state index is -0.786. The summed E-state index contributed by atoms with van der Waals surface area (Å²) in [7, 11) is 0. The van der Waals surface area contributed by atoms with Gasteiger partial charge in [0.1, 0.15) is 11.6 Å². The standard InChI is InChI=1S/C12H9F2NOS/c1-7-4-11(17-6-7)12(16)15-10-3-2-8(13)5-9(10)14/h2-6H,1H3,(H,15,16). The van der Waals surface area contributed by atoms with Gasteiger partial charge in [-0.2, -0.15) is 0 Å². The number of benzene rings is 1. The van der Waals surface area contributed by atoms with Crippen molar-refractivity contribution in [3.8, 4) is 0 Å². The second-order valence-electron chi connectivity index (χ2n) is 3.57. The summed E-state index contributed by atoms with van der Waals surface area (Å²) >= 11 is 1.28. The second kappa shape index (κ2) is 4.63. The van der Waals surface area contributed by atoms with Crippen LogP contribution < -0.4 is 5.32 Å². The van der Waals surface area contributed by atoms with Crippen molar-refractivity contribution in [2.75, 3.05) is 5.32 Å². The van der Waals surface area contributed by atoms with Crippen molar-refractivity contribution < 1.29 is 13.6 Å². The first-order chi connectivity index (χ1) is 8.06. The van der Waals surface area contributed by atoms with Crippen molar-refractivity contribution in [3.63, 3.8) is 0 Å². The summed E-state index contributed by atoms with van der Waals surface area (Å²) in [5.41, 5.74) is 0.946. The SMILES string of the molecule is Cc1csc(C(=O)Nc2ccc(F)cc2F)c1. The molecule has 1 heterocycles. The molecule has 5 heteroatoms. The number of aryl methyl sites for hydroxylation is 1. The van der Waals surface area contributed by atoms with Gasteiger partial charge in [0.2, 0.25) is 0 Å². The molecule has 0 atom stereocenters. The third kappa shape index (κ3) is 2.68. The molecule has 17 heavy (non-hydrogen) atoms. The molecule has 0 aliphatic rings. The molecule has 1 N–H and O–H groups in total. The summed E-state index contributed by atoms with van der Waals surface area (Å²) < 4.78 is 25.9. The van der Waals surface area contributed by atoms with E-state index >= 15 is 0 Å². The summed E-state index contributed by atoms with van der Waals surface area (Å²) in [5, 5.41) is 4.23. The zero-order valence-corrected chi connectivity index (χ0v) is 9.78. The van der Waals surface area contributed by atoms with E-state index in [2.05, 4.69) is 5.32 Å². The molecule has 0 spiro atoms. The molecule has 0 aliphatic heterocycles. The zero-order chi connectivity index (χ0) is 12.4. The largest absolute Gasteiger partial charge is 0.319 e. The smallest absolute Gasteiger partial charge is 0.265 e. The van der Waals surface area contributed by atoms with E-state index in [1.807, 2.05) is 12.3 Å². The lowest BCUT2D eigenvalue weighted by molar-refractivity contribution is 0.103. The number of amides is 1. The van der Waals surface area contributed by atoms with Gasteiger partial charge in [0, 0.05) is 6.07 Å². The first-order valence-corrected chi connectivity index (χ1v) is 5.76. The third-order valence-electron chi connectivity index (χ3n) is 2.13. The lowest BCUT2D eigenvalue weighted by atomic mass is 10.3. The van der Waals surface area contributed by atoms with Gasteiger partial charge < -0.3 is 5.32 Å². The first-order valence-electron chi connectivity index (χ1n) is 4.88. The van der Waals surface area contributed by atoms with E-state index in [1.165, 1.54) is 17.4 Å². The Bertz CT molecular complexity index is 565. The maximum absolute atomic E-state index is 13.3. The number of halogens is 2. The van der Waals surface area contributed by atoms with Crippen LogP contribution in [0.2, 0.25) is 0 Å². The molecule has 0 saturated carbocycles. The maximum Gasteiger partial charge on any atom is 0.265 e. The second-order valence-corrected chi connectivity index (χ2v) is 4.48. The van der Waals surface area contributed by atoms with Crippen LogP contribution in [0.3, 0.4) is 0 Å². The van der Waals surface area contributed by atoms with E-state index in [9.17, 15) is 13.6 Å². The van der Waals surface area contributed by atoms with Crippen LogP contribution in [0.1, 0.15) is 15.2 Å². The number of rotatable bonds is 2. The van der Waals surface area contributed by atoms with Gasteiger partial charge in [0.05, 0.1) is 10.6 Å². The molecular formula is C12H9F2NOS. The van der Waals surface area contributed by atoms with Gasteiger partial charge in [-0.1, -0.05) is 0 Å². The highest BCUT2D eigenvalue weighted by molar-refractivity contribution is 7.12. The highest BCUT2D eigenvalue weighted by Gasteiger charge is 2.11. The number of nitrogens with one attached hydrogen (secondary N) is 1. The Labute approximate surface area is 101 Å². The summed E-state index contributed by atoms with van der Waals surface area (Å²) in [5.74, 6) is -1.85. The van der Waals surface area contributed by atoms with Gasteiger partial charge in [-0.3, -0.25) is 4.79 Å². The molecule has 88 valence electrons. The van der Waals surface area contributed by atoms with Crippen molar-refractivity contribution in [2.45, 2.75) is 6.92 Å². The van der Waals surface area contributed by atoms with Gasteiger partial charge >= 0.3 is 0 Å². The third-order valence-corrected chi connectivity index (χ3v) is 3.18. The molecule has 0 fully saturated rings. The Hall–Kier alpha value is -1.75. The van der Waals surface area contributed by atoms with Crippen molar-refractivity contribution in [1.29, 1.82) is 0 Å². The molecule has 1 aromatic heterocycles. The van der Waals surface area contributed by atoms with Crippen LogP contribution in [0.15, 0.2) is 29.6 Å². The number of carbonyl (C=O) groups excluding carboxylic acids is 1. The maximum atomic E-state index is 13.3. The van der Waals surface area contributed by atoms with Crippen LogP contribution in [0.25, 0.3) is 0 Å². The molecule has 1 amide bonds. The molecule has 0 aliphatic carbocycles. The molecule has 2 rings (SSSR count). The van der Waals surface area contributed by atoms with E-state index in [4.69, 9.17) is 0 Å². The average molecular weight is 253 g/mol. The van der Waals surface area contributed by atoms with Gasteiger partial charge in [-0.05, 0) is 36.1 Å². The van der Waals surface area contributed by atoms with Crippen LogP contribution >= 0.6 is 11.3 Å². The predicted molar refractivity (Wildman–Crippen MR) is 63.4 cm³/mol. The fraction of sp³-hybridized carbons (Fsp3) is 0.0833. The van der Waals surface area contributed by atoms with Crippen LogP contribution in [-0.2, 0) is 0 Å². The highest BCUT2D eigenvalue weighted by Crippen LogP contribution is 2.19. The predicted octanol–water partition coefficient (Wildman–Crippen LogP) is 3.59. The molecule has 0 saturated heterocycles. The molecular weight excluding hydrogens is 244 g/mol. The van der Waals surface area contributed by atoms with E-state index in [0.29, 0.717) is 4.88 Å². The van der Waals surface area contributed by atoms with Crippen molar-refractivity contribution in [1.82, 2.24) is 0 Å². The zero-order valence-electron chi connectivity index (χ0n) is 8.96. The van der Waals surface area contributed by atoms with Gasteiger partial charge in [0.15, 0.2) is 0 Å². The molecule has 0 radical (unpaired) electrons. The van der Waals surface area contributed by atoms with E-state index in [-0.39, 0.29) is 5.69 Å². The number of carbonyl (C=O) groups is 1. The minimum Gasteiger partial charge on any atom is -0.319 e. The summed E-state index contributed by atoms with van der Waals surface area (Å²) in [6.07, 6.45) is 0. The van der Waals surface area contributed by atoms with Crippen molar-refractivity contribution in [2.24, 2.45) is 0 Å². The Balaban J connectivity index is 2.18. The van der Waals surface area contributed by atoms with Crippen molar-refractivity contribution >= 4 is 22.9 Å². The number of anilines is 1. The van der Waals surface area contributed by atoms with E-state index in [0.717, 1.165) is 17.7 Å². The summed E-state index contributed by atoms with van der Waals surface area (Å²) in [6, 6.07) is 4.73. The molecule has 2 nitrogen and oxygen atoms in total. The summed E-state index contributed by atoms with van der Waals surface area (Å²) in [6.45, 7) is 1.87. The minimum absolute atomic E-state index is 0.0255. The van der Waals surface area contributed by atoms with E-state index < -0.39 is 17.5 Å². The Morgan fingerprint density at radius 1 is 1.29 bits per heavy atom. The van der Waals surface area contributed by atoms with Crippen LogP contribution in [0.4, 0.5) is 14.5 Å². The Kier molecular flexibility index (Phi) is 3.19. The number of hydrogen-bond donors (Lipinski definition) is 1. The molecule has 1 aromatic carbocycles. The lowest BCUT2D eigenvalue weighted by Crippen LogP contribution is -2.11. The van der Waals surface area contributed by atoms with Crippen molar-refractivity contribution in [3.05, 3.63) is 51.7 Å². The number of thiophene rings is 1. The highest BCUT2D eigenvalue weighted by atomic mass is 32.1. The van der Waals surface area contributed by atoms with Gasteiger partial charge in [0.25, 0.3) is 5.91 Å². The van der Waals surface area contributed by atoms with Gasteiger partial charge in [-0.25, -0.2) is 8.78 Å². The lowest BCUT2D eigenvalue weighted by Gasteiger charge is -2.04. The van der Waals surface area contributed by atoms with Crippen LogP contribution in [0, 0.1) is 18.6 Å². The van der Waals surface area contributed by atoms with E-state index in [1.54, 1.807) is 6.07 Å².